The highest BCUT2D eigenvalue weighted by molar-refractivity contribution is 5.89. The third kappa shape index (κ3) is 6.13. The second kappa shape index (κ2) is 9.94. The fourth-order valence-electron chi connectivity index (χ4n) is 5.25. The maximum absolute atomic E-state index is 15.1. The number of halogens is 8. The van der Waals surface area contributed by atoms with Crippen LogP contribution < -0.4 is 9.47 Å². The number of rotatable bonds is 6. The summed E-state index contributed by atoms with van der Waals surface area (Å²) in [4.78, 5) is 0. The second-order valence-corrected chi connectivity index (χ2v) is 9.31. The van der Waals surface area contributed by atoms with Gasteiger partial charge in [0.2, 0.25) is 0 Å². The van der Waals surface area contributed by atoms with Gasteiger partial charge in [-0.05, 0) is 90.5 Å². The molecule has 0 atom stereocenters. The topological polar surface area (TPSA) is 18.5 Å². The summed E-state index contributed by atoms with van der Waals surface area (Å²) < 4.78 is 114. The molecule has 1 fully saturated rings. The quantitative estimate of drug-likeness (QED) is 0.354. The zero-order valence-corrected chi connectivity index (χ0v) is 19.3. The van der Waals surface area contributed by atoms with Crippen molar-refractivity contribution in [1.82, 2.24) is 0 Å². The maximum Gasteiger partial charge on any atom is 0.573 e. The summed E-state index contributed by atoms with van der Waals surface area (Å²) >= 11 is 0. The first-order valence-corrected chi connectivity index (χ1v) is 11.7. The number of hydrogen-bond donors (Lipinski definition) is 0. The van der Waals surface area contributed by atoms with Crippen molar-refractivity contribution in [3.63, 3.8) is 0 Å². The SMILES string of the molecule is CCCC1CCC(c2cc(F)c(C3=Cc4cc(OC(F)(F)F)c(OC(F)(F)F)cc4C3)c(F)c2)CC1. The fourth-order valence-corrected chi connectivity index (χ4v) is 5.25. The molecule has 0 heterocycles. The van der Waals surface area contributed by atoms with Gasteiger partial charge in [0, 0.05) is 5.56 Å². The lowest BCUT2D eigenvalue weighted by atomic mass is 9.77. The minimum Gasteiger partial charge on any atom is -0.402 e. The number of hydrogen-bond acceptors (Lipinski definition) is 2. The predicted octanol–water partition coefficient (Wildman–Crippen LogP) is 8.93. The molecule has 36 heavy (non-hydrogen) atoms. The summed E-state index contributed by atoms with van der Waals surface area (Å²) in [7, 11) is 0. The second-order valence-electron chi connectivity index (χ2n) is 9.31. The van der Waals surface area contributed by atoms with E-state index in [9.17, 15) is 26.3 Å². The molecule has 0 saturated heterocycles. The maximum atomic E-state index is 15.1. The van der Waals surface area contributed by atoms with E-state index in [4.69, 9.17) is 0 Å². The molecular weight excluding hydrogens is 496 g/mol. The van der Waals surface area contributed by atoms with Gasteiger partial charge in [0.1, 0.15) is 11.6 Å². The lowest BCUT2D eigenvalue weighted by molar-refractivity contribution is -0.287. The third-order valence-electron chi connectivity index (χ3n) is 6.77. The Hall–Kier alpha value is -2.78. The molecule has 4 rings (SSSR count). The minimum absolute atomic E-state index is 0.0371. The highest BCUT2D eigenvalue weighted by atomic mass is 19.4. The first kappa shape index (κ1) is 26.3. The van der Waals surface area contributed by atoms with Crippen molar-refractivity contribution in [2.75, 3.05) is 0 Å². The van der Waals surface area contributed by atoms with Gasteiger partial charge in [-0.15, -0.1) is 26.3 Å². The molecule has 0 spiro atoms. The van der Waals surface area contributed by atoms with Gasteiger partial charge in [0.25, 0.3) is 0 Å². The van der Waals surface area contributed by atoms with Crippen molar-refractivity contribution >= 4 is 11.6 Å². The molecule has 2 aromatic rings. The van der Waals surface area contributed by atoms with E-state index in [-0.39, 0.29) is 34.6 Å². The zero-order chi connectivity index (χ0) is 26.3. The Bertz CT molecular complexity index is 1120. The zero-order valence-electron chi connectivity index (χ0n) is 19.3. The number of alkyl halides is 6. The average Bonchev–Trinajstić information content (AvgIpc) is 3.14. The molecule has 2 aliphatic carbocycles. The van der Waals surface area contributed by atoms with E-state index in [1.165, 1.54) is 18.2 Å². The molecule has 0 unspecified atom stereocenters. The smallest absolute Gasteiger partial charge is 0.402 e. The van der Waals surface area contributed by atoms with Crippen molar-refractivity contribution in [3.05, 3.63) is 58.2 Å². The van der Waals surface area contributed by atoms with Gasteiger partial charge >= 0.3 is 12.7 Å². The van der Waals surface area contributed by atoms with E-state index in [2.05, 4.69) is 16.4 Å². The summed E-state index contributed by atoms with van der Waals surface area (Å²) in [5.74, 6) is -3.37. The van der Waals surface area contributed by atoms with E-state index >= 15 is 8.78 Å². The predicted molar refractivity (Wildman–Crippen MR) is 117 cm³/mol. The van der Waals surface area contributed by atoms with Crippen molar-refractivity contribution in [1.29, 1.82) is 0 Å². The third-order valence-corrected chi connectivity index (χ3v) is 6.77. The summed E-state index contributed by atoms with van der Waals surface area (Å²) in [6.45, 7) is 2.12. The summed E-state index contributed by atoms with van der Waals surface area (Å²) in [6, 6.07) is 4.02. The molecule has 0 aliphatic heterocycles. The Morgan fingerprint density at radius 1 is 0.806 bits per heavy atom. The normalized spacial score (nSPS) is 20.2. The fraction of sp³-hybridized carbons (Fsp3) is 0.462. The molecule has 0 N–H and O–H groups in total. The van der Waals surface area contributed by atoms with Crippen molar-refractivity contribution in [2.24, 2.45) is 5.92 Å². The van der Waals surface area contributed by atoms with Gasteiger partial charge < -0.3 is 9.47 Å². The summed E-state index contributed by atoms with van der Waals surface area (Å²) in [5.41, 5.74) is 0.472. The lowest BCUT2D eigenvalue weighted by Crippen LogP contribution is -2.21. The number of allylic oxidation sites excluding steroid dienone is 1. The van der Waals surface area contributed by atoms with Crippen LogP contribution in [0, 0.1) is 17.6 Å². The largest absolute Gasteiger partial charge is 0.573 e. The average molecular weight is 520 g/mol. The van der Waals surface area contributed by atoms with E-state index in [0.717, 1.165) is 50.7 Å². The van der Waals surface area contributed by atoms with Crippen LogP contribution in [0.15, 0.2) is 24.3 Å². The highest BCUT2D eigenvalue weighted by Gasteiger charge is 2.37. The van der Waals surface area contributed by atoms with Gasteiger partial charge in [0.05, 0.1) is 0 Å². The Morgan fingerprint density at radius 3 is 1.89 bits per heavy atom. The number of fused-ring (bicyclic) bond motifs is 1. The molecule has 2 aliphatic rings. The summed E-state index contributed by atoms with van der Waals surface area (Å²) in [6.07, 6.45) is -3.60. The van der Waals surface area contributed by atoms with Crippen LogP contribution in [0.3, 0.4) is 0 Å². The van der Waals surface area contributed by atoms with Crippen LogP contribution in [0.2, 0.25) is 0 Å². The van der Waals surface area contributed by atoms with E-state index in [1.54, 1.807) is 0 Å². The van der Waals surface area contributed by atoms with Crippen molar-refractivity contribution in [2.45, 2.75) is 70.5 Å². The van der Waals surface area contributed by atoms with Crippen molar-refractivity contribution < 1.29 is 44.6 Å². The van der Waals surface area contributed by atoms with E-state index < -0.39 is 35.9 Å². The molecule has 2 aromatic carbocycles. The Morgan fingerprint density at radius 2 is 1.36 bits per heavy atom. The van der Waals surface area contributed by atoms with Crippen LogP contribution >= 0.6 is 0 Å². The molecule has 196 valence electrons. The van der Waals surface area contributed by atoms with Crippen LogP contribution in [0.4, 0.5) is 35.1 Å². The highest BCUT2D eigenvalue weighted by Crippen LogP contribution is 2.44. The minimum atomic E-state index is -5.27. The van der Waals surface area contributed by atoms with Crippen LogP contribution in [0.25, 0.3) is 11.6 Å². The van der Waals surface area contributed by atoms with Gasteiger partial charge in [0.15, 0.2) is 11.5 Å². The van der Waals surface area contributed by atoms with Crippen LogP contribution in [0.1, 0.15) is 73.6 Å². The molecule has 0 amide bonds. The van der Waals surface area contributed by atoms with Gasteiger partial charge in [-0.2, -0.15) is 0 Å². The lowest BCUT2D eigenvalue weighted by Gasteiger charge is -2.29. The van der Waals surface area contributed by atoms with Crippen molar-refractivity contribution in [3.8, 4) is 11.5 Å². The Labute approximate surface area is 202 Å². The van der Waals surface area contributed by atoms with Gasteiger partial charge in [-0.1, -0.05) is 25.8 Å². The first-order valence-electron chi connectivity index (χ1n) is 11.7. The molecule has 0 aromatic heterocycles. The summed E-state index contributed by atoms with van der Waals surface area (Å²) in [5, 5.41) is 0. The van der Waals surface area contributed by atoms with E-state index in [1.807, 2.05) is 0 Å². The monoisotopic (exact) mass is 520 g/mol. The molecule has 1 saturated carbocycles. The number of benzene rings is 2. The van der Waals surface area contributed by atoms with Gasteiger partial charge in [-0.3, -0.25) is 0 Å². The van der Waals surface area contributed by atoms with Crippen LogP contribution in [-0.4, -0.2) is 12.7 Å². The standard InChI is InChI=1S/C26H24F8O2/c1-2-3-14-4-6-15(7-5-14)18-10-20(27)24(21(28)11-18)19-8-16-12-22(35-25(29,30)31)23(13-17(16)9-19)36-26(32,33)34/h8,10-15H,2-7,9H2,1H3. The number of ether oxygens (including phenoxy) is 2. The molecule has 0 bridgehead atoms. The molecular formula is C26H24F8O2. The molecule has 2 nitrogen and oxygen atoms in total. The van der Waals surface area contributed by atoms with Gasteiger partial charge in [-0.25, -0.2) is 8.78 Å². The van der Waals surface area contributed by atoms with E-state index in [0.29, 0.717) is 11.5 Å². The first-order chi connectivity index (χ1) is 16.8. The Balaban J connectivity index is 1.60. The molecule has 0 radical (unpaired) electrons. The molecule has 10 heteroatoms. The Kier molecular flexibility index (Phi) is 7.26. The van der Waals surface area contributed by atoms with Crippen LogP contribution in [0.5, 0.6) is 11.5 Å². The van der Waals surface area contributed by atoms with Crippen LogP contribution in [-0.2, 0) is 6.42 Å².